The van der Waals surface area contributed by atoms with Crippen molar-refractivity contribution in [3.63, 3.8) is 0 Å². The molecule has 1 aromatic carbocycles. The van der Waals surface area contributed by atoms with Gasteiger partial charge in [0.25, 0.3) is 0 Å². The molecule has 1 aliphatic rings. The Labute approximate surface area is 143 Å². The van der Waals surface area contributed by atoms with Crippen LogP contribution in [0.3, 0.4) is 0 Å². The highest BCUT2D eigenvalue weighted by Gasteiger charge is 2.21. The van der Waals surface area contributed by atoms with Crippen LogP contribution in [-0.2, 0) is 11.3 Å². The van der Waals surface area contributed by atoms with Crippen LogP contribution in [0.4, 0.5) is 5.69 Å². The molecule has 5 heteroatoms. The van der Waals surface area contributed by atoms with E-state index in [4.69, 9.17) is 4.42 Å². The minimum atomic E-state index is 0.191. The Balaban J connectivity index is 1.77. The molecule has 1 aromatic heterocycles. The predicted molar refractivity (Wildman–Crippen MR) is 93.9 cm³/mol. The summed E-state index contributed by atoms with van der Waals surface area (Å²) in [5, 5.41) is 0. The van der Waals surface area contributed by atoms with Gasteiger partial charge in [-0.1, -0.05) is 17.7 Å². The molecule has 0 saturated carbocycles. The van der Waals surface area contributed by atoms with E-state index in [9.17, 15) is 4.79 Å². The first-order chi connectivity index (χ1) is 11.6. The third-order valence-corrected chi connectivity index (χ3v) is 4.62. The third-order valence-electron chi connectivity index (χ3n) is 4.62. The topological polar surface area (TPSA) is 49.6 Å². The molecular weight excluding hydrogens is 302 g/mol. The van der Waals surface area contributed by atoms with E-state index in [0.29, 0.717) is 13.1 Å². The van der Waals surface area contributed by atoms with Crippen molar-refractivity contribution in [1.29, 1.82) is 0 Å². The summed E-state index contributed by atoms with van der Waals surface area (Å²) >= 11 is 0. The zero-order valence-corrected chi connectivity index (χ0v) is 14.5. The fourth-order valence-corrected chi connectivity index (χ4v) is 3.06. The second-order valence-electron chi connectivity index (χ2n) is 6.49. The van der Waals surface area contributed by atoms with Crippen molar-refractivity contribution in [2.75, 3.05) is 24.5 Å². The van der Waals surface area contributed by atoms with E-state index in [1.54, 1.807) is 0 Å². The maximum Gasteiger partial charge on any atom is 0.242 e. The highest BCUT2D eigenvalue weighted by atomic mass is 16.3. The standard InChI is InChI=1S/C19H25N3O2/c1-15-6-8-17(9-7-15)22(12-18-16(2)24-14-20-18)13-19(23)21-10-4-3-5-11-21/h6-9,14H,3-5,10-13H2,1-2H3. The van der Waals surface area contributed by atoms with E-state index in [2.05, 4.69) is 41.1 Å². The molecule has 0 atom stereocenters. The number of benzene rings is 1. The van der Waals surface area contributed by atoms with Gasteiger partial charge in [-0.05, 0) is 45.2 Å². The second-order valence-corrected chi connectivity index (χ2v) is 6.49. The molecule has 0 aliphatic carbocycles. The number of piperidine rings is 1. The Bertz CT molecular complexity index is 672. The molecule has 24 heavy (non-hydrogen) atoms. The summed E-state index contributed by atoms with van der Waals surface area (Å²) in [5.74, 6) is 0.994. The first kappa shape index (κ1) is 16.6. The van der Waals surface area contributed by atoms with Crippen molar-refractivity contribution in [2.24, 2.45) is 0 Å². The number of carbonyl (C=O) groups is 1. The smallest absolute Gasteiger partial charge is 0.242 e. The minimum absolute atomic E-state index is 0.191. The molecule has 0 radical (unpaired) electrons. The number of likely N-dealkylation sites (tertiary alicyclic amines) is 1. The number of hydrogen-bond donors (Lipinski definition) is 0. The summed E-state index contributed by atoms with van der Waals surface area (Å²) < 4.78 is 5.31. The lowest BCUT2D eigenvalue weighted by Crippen LogP contribution is -2.42. The van der Waals surface area contributed by atoms with Crippen LogP contribution in [0.25, 0.3) is 0 Å². The van der Waals surface area contributed by atoms with Gasteiger partial charge >= 0.3 is 0 Å². The van der Waals surface area contributed by atoms with E-state index >= 15 is 0 Å². The van der Waals surface area contributed by atoms with Crippen LogP contribution in [0, 0.1) is 13.8 Å². The summed E-state index contributed by atoms with van der Waals surface area (Å²) in [7, 11) is 0. The highest BCUT2D eigenvalue weighted by Crippen LogP contribution is 2.20. The van der Waals surface area contributed by atoms with E-state index in [1.165, 1.54) is 18.4 Å². The summed E-state index contributed by atoms with van der Waals surface area (Å²) in [6, 6.07) is 8.27. The number of anilines is 1. The normalized spacial score (nSPS) is 14.7. The van der Waals surface area contributed by atoms with Gasteiger partial charge in [0.05, 0.1) is 13.1 Å². The van der Waals surface area contributed by atoms with Gasteiger partial charge in [0, 0.05) is 18.8 Å². The Morgan fingerprint density at radius 3 is 2.50 bits per heavy atom. The van der Waals surface area contributed by atoms with Crippen LogP contribution in [0.15, 0.2) is 35.1 Å². The summed E-state index contributed by atoms with van der Waals surface area (Å²) in [6.45, 7) is 6.67. The van der Waals surface area contributed by atoms with Crippen molar-refractivity contribution in [3.8, 4) is 0 Å². The number of amides is 1. The van der Waals surface area contributed by atoms with Gasteiger partial charge in [-0.25, -0.2) is 4.98 Å². The molecule has 128 valence electrons. The number of aromatic nitrogens is 1. The Kier molecular flexibility index (Phi) is 5.18. The fourth-order valence-electron chi connectivity index (χ4n) is 3.06. The quantitative estimate of drug-likeness (QED) is 0.845. The maximum absolute atomic E-state index is 12.7. The summed E-state index contributed by atoms with van der Waals surface area (Å²) in [5.41, 5.74) is 3.12. The van der Waals surface area contributed by atoms with E-state index < -0.39 is 0 Å². The lowest BCUT2D eigenvalue weighted by Gasteiger charge is -2.30. The molecule has 3 rings (SSSR count). The SMILES string of the molecule is Cc1ccc(N(CC(=O)N2CCCCC2)Cc2ncoc2C)cc1. The van der Waals surface area contributed by atoms with Crippen molar-refractivity contribution in [1.82, 2.24) is 9.88 Å². The largest absolute Gasteiger partial charge is 0.448 e. The fraction of sp³-hybridized carbons (Fsp3) is 0.474. The Morgan fingerprint density at radius 1 is 1.17 bits per heavy atom. The molecule has 5 nitrogen and oxygen atoms in total. The van der Waals surface area contributed by atoms with Gasteiger partial charge < -0.3 is 14.2 Å². The molecule has 0 unspecified atom stereocenters. The lowest BCUT2D eigenvalue weighted by atomic mass is 10.1. The van der Waals surface area contributed by atoms with Gasteiger partial charge in [0.1, 0.15) is 11.5 Å². The molecule has 1 saturated heterocycles. The van der Waals surface area contributed by atoms with E-state index in [1.807, 2.05) is 11.8 Å². The predicted octanol–water partition coefficient (Wildman–Crippen LogP) is 3.31. The van der Waals surface area contributed by atoms with Crippen LogP contribution >= 0.6 is 0 Å². The van der Waals surface area contributed by atoms with Crippen molar-refractivity contribution in [2.45, 2.75) is 39.7 Å². The molecule has 1 fully saturated rings. The van der Waals surface area contributed by atoms with Crippen LogP contribution in [0.2, 0.25) is 0 Å². The van der Waals surface area contributed by atoms with Gasteiger partial charge in [-0.3, -0.25) is 4.79 Å². The van der Waals surface area contributed by atoms with Crippen molar-refractivity contribution < 1.29 is 9.21 Å². The highest BCUT2D eigenvalue weighted by molar-refractivity contribution is 5.81. The number of carbonyl (C=O) groups excluding carboxylic acids is 1. The number of aryl methyl sites for hydroxylation is 2. The summed E-state index contributed by atoms with van der Waals surface area (Å²) in [4.78, 5) is 21.1. The van der Waals surface area contributed by atoms with Crippen molar-refractivity contribution >= 4 is 11.6 Å². The number of oxazole rings is 1. The minimum Gasteiger partial charge on any atom is -0.448 e. The zero-order valence-electron chi connectivity index (χ0n) is 14.5. The first-order valence-corrected chi connectivity index (χ1v) is 8.62. The molecular formula is C19H25N3O2. The molecule has 1 amide bonds. The van der Waals surface area contributed by atoms with Crippen LogP contribution in [-0.4, -0.2) is 35.4 Å². The first-order valence-electron chi connectivity index (χ1n) is 8.62. The zero-order chi connectivity index (χ0) is 16.9. The Morgan fingerprint density at radius 2 is 1.88 bits per heavy atom. The van der Waals surface area contributed by atoms with E-state index in [0.717, 1.165) is 43.1 Å². The molecule has 0 N–H and O–H groups in total. The van der Waals surface area contributed by atoms with Gasteiger partial charge in [-0.15, -0.1) is 0 Å². The molecule has 1 aliphatic heterocycles. The molecule has 0 spiro atoms. The number of rotatable bonds is 5. The summed E-state index contributed by atoms with van der Waals surface area (Å²) in [6.07, 6.45) is 4.91. The van der Waals surface area contributed by atoms with Crippen LogP contribution < -0.4 is 4.90 Å². The van der Waals surface area contributed by atoms with Gasteiger partial charge in [-0.2, -0.15) is 0 Å². The molecule has 0 bridgehead atoms. The van der Waals surface area contributed by atoms with Crippen molar-refractivity contribution in [3.05, 3.63) is 47.7 Å². The van der Waals surface area contributed by atoms with E-state index in [-0.39, 0.29) is 5.91 Å². The van der Waals surface area contributed by atoms with Gasteiger partial charge in [0.2, 0.25) is 5.91 Å². The average molecular weight is 327 g/mol. The van der Waals surface area contributed by atoms with Gasteiger partial charge in [0.15, 0.2) is 6.39 Å². The Hall–Kier alpha value is -2.30. The maximum atomic E-state index is 12.7. The van der Waals surface area contributed by atoms with Crippen LogP contribution in [0.1, 0.15) is 36.3 Å². The second kappa shape index (κ2) is 7.51. The monoisotopic (exact) mass is 327 g/mol. The lowest BCUT2D eigenvalue weighted by molar-refractivity contribution is -0.130. The average Bonchev–Trinajstić information content (AvgIpc) is 3.00. The third kappa shape index (κ3) is 3.96. The van der Waals surface area contributed by atoms with Crippen LogP contribution in [0.5, 0.6) is 0 Å². The molecule has 2 heterocycles. The number of hydrogen-bond acceptors (Lipinski definition) is 4. The molecule has 2 aromatic rings. The number of nitrogens with zero attached hydrogens (tertiary/aromatic N) is 3.